The highest BCUT2D eigenvalue weighted by atomic mass is 16.5. The van der Waals surface area contributed by atoms with Crippen molar-refractivity contribution in [2.24, 2.45) is 0 Å². The van der Waals surface area contributed by atoms with E-state index < -0.39 is 6.10 Å². The number of aliphatic hydroxyl groups excluding tert-OH is 1. The molecule has 2 rings (SSSR count). The van der Waals surface area contributed by atoms with E-state index in [9.17, 15) is 5.11 Å². The monoisotopic (exact) mass is 294 g/mol. The molecule has 1 aliphatic heterocycles. The van der Waals surface area contributed by atoms with E-state index in [0.29, 0.717) is 13.2 Å². The fraction of sp³-hybridized carbons (Fsp3) is 0.625. The fourth-order valence-corrected chi connectivity index (χ4v) is 2.52. The molecule has 118 valence electrons. The molecule has 5 heteroatoms. The number of methoxy groups -OCH3 is 1. The average molecular weight is 294 g/mol. The Bertz CT molecular complexity index is 420. The Kier molecular flexibility index (Phi) is 6.29. The van der Waals surface area contributed by atoms with Crippen molar-refractivity contribution in [3.63, 3.8) is 0 Å². The largest absolute Gasteiger partial charge is 0.497 e. The molecule has 1 saturated heterocycles. The minimum absolute atomic E-state index is 0.307. The SMILES string of the molecule is CCN1CCN(C[C@H](O)COc2cccc(OC)c2)CC1. The van der Waals surface area contributed by atoms with E-state index in [4.69, 9.17) is 9.47 Å². The summed E-state index contributed by atoms with van der Waals surface area (Å²) in [6, 6.07) is 7.45. The van der Waals surface area contributed by atoms with E-state index in [1.807, 2.05) is 24.3 Å². The molecule has 0 unspecified atom stereocenters. The number of ether oxygens (including phenoxy) is 2. The van der Waals surface area contributed by atoms with E-state index in [0.717, 1.165) is 44.2 Å². The maximum absolute atomic E-state index is 10.1. The van der Waals surface area contributed by atoms with Gasteiger partial charge in [-0.1, -0.05) is 13.0 Å². The zero-order valence-corrected chi connectivity index (χ0v) is 13.0. The number of rotatable bonds is 7. The Morgan fingerprint density at radius 1 is 1.14 bits per heavy atom. The van der Waals surface area contributed by atoms with Gasteiger partial charge >= 0.3 is 0 Å². The maximum Gasteiger partial charge on any atom is 0.123 e. The van der Waals surface area contributed by atoms with Gasteiger partial charge in [0.15, 0.2) is 0 Å². The number of aliphatic hydroxyl groups is 1. The lowest BCUT2D eigenvalue weighted by molar-refractivity contribution is 0.0470. The molecule has 1 heterocycles. The van der Waals surface area contributed by atoms with Crippen molar-refractivity contribution in [1.29, 1.82) is 0 Å². The van der Waals surface area contributed by atoms with Crippen LogP contribution in [0.3, 0.4) is 0 Å². The van der Waals surface area contributed by atoms with Gasteiger partial charge in [0, 0.05) is 38.8 Å². The normalized spacial score (nSPS) is 18.4. The predicted molar refractivity (Wildman–Crippen MR) is 83.0 cm³/mol. The number of hydrogen-bond acceptors (Lipinski definition) is 5. The molecule has 1 atom stereocenters. The molecule has 21 heavy (non-hydrogen) atoms. The maximum atomic E-state index is 10.1. The molecule has 1 aliphatic rings. The molecular weight excluding hydrogens is 268 g/mol. The van der Waals surface area contributed by atoms with Crippen molar-refractivity contribution in [2.45, 2.75) is 13.0 Å². The molecule has 1 aromatic carbocycles. The van der Waals surface area contributed by atoms with Crippen LogP contribution < -0.4 is 9.47 Å². The van der Waals surface area contributed by atoms with Gasteiger partial charge < -0.3 is 19.5 Å². The molecule has 5 nitrogen and oxygen atoms in total. The lowest BCUT2D eigenvalue weighted by Crippen LogP contribution is -2.49. The molecule has 0 amide bonds. The van der Waals surface area contributed by atoms with Crippen LogP contribution in [-0.4, -0.2) is 74.0 Å². The highest BCUT2D eigenvalue weighted by Crippen LogP contribution is 2.19. The highest BCUT2D eigenvalue weighted by Gasteiger charge is 2.18. The van der Waals surface area contributed by atoms with E-state index in [2.05, 4.69) is 16.7 Å². The summed E-state index contributed by atoms with van der Waals surface area (Å²) < 4.78 is 10.8. The van der Waals surface area contributed by atoms with Crippen molar-refractivity contribution < 1.29 is 14.6 Å². The molecule has 0 spiro atoms. The number of piperazine rings is 1. The second-order valence-electron chi connectivity index (χ2n) is 5.38. The van der Waals surface area contributed by atoms with Crippen LogP contribution in [0.2, 0.25) is 0 Å². The van der Waals surface area contributed by atoms with E-state index >= 15 is 0 Å². The van der Waals surface area contributed by atoms with Gasteiger partial charge in [-0.15, -0.1) is 0 Å². The van der Waals surface area contributed by atoms with E-state index in [-0.39, 0.29) is 0 Å². The molecule has 1 fully saturated rings. The Hall–Kier alpha value is -1.30. The fourth-order valence-electron chi connectivity index (χ4n) is 2.52. The summed E-state index contributed by atoms with van der Waals surface area (Å²) in [7, 11) is 1.63. The number of benzene rings is 1. The van der Waals surface area contributed by atoms with Crippen LogP contribution in [0.25, 0.3) is 0 Å². The third-order valence-electron chi connectivity index (χ3n) is 3.86. The highest BCUT2D eigenvalue weighted by molar-refractivity contribution is 5.32. The Labute approximate surface area is 127 Å². The quantitative estimate of drug-likeness (QED) is 0.815. The van der Waals surface area contributed by atoms with Gasteiger partial charge in [-0.2, -0.15) is 0 Å². The second kappa shape index (κ2) is 8.22. The van der Waals surface area contributed by atoms with Crippen LogP contribution in [0.5, 0.6) is 11.5 Å². The zero-order valence-electron chi connectivity index (χ0n) is 13.0. The van der Waals surface area contributed by atoms with Gasteiger partial charge in [-0.3, -0.25) is 4.90 Å². The molecule has 0 bridgehead atoms. The van der Waals surface area contributed by atoms with Crippen LogP contribution in [-0.2, 0) is 0 Å². The molecule has 0 radical (unpaired) electrons. The molecular formula is C16H26N2O3. The van der Waals surface area contributed by atoms with Gasteiger partial charge in [-0.25, -0.2) is 0 Å². The van der Waals surface area contributed by atoms with E-state index in [1.54, 1.807) is 7.11 Å². The summed E-state index contributed by atoms with van der Waals surface area (Å²) in [5.41, 5.74) is 0. The first-order valence-corrected chi connectivity index (χ1v) is 7.61. The standard InChI is InChI=1S/C16H26N2O3/c1-3-17-7-9-18(10-8-17)12-14(19)13-21-16-6-4-5-15(11-16)20-2/h4-6,11,14,19H,3,7-10,12-13H2,1-2H3/t14-/m0/s1. The number of likely N-dealkylation sites (N-methyl/N-ethyl adjacent to an activating group) is 1. The molecule has 0 aliphatic carbocycles. The lowest BCUT2D eigenvalue weighted by atomic mass is 10.2. The van der Waals surface area contributed by atoms with Gasteiger partial charge in [0.1, 0.15) is 24.2 Å². The van der Waals surface area contributed by atoms with Crippen molar-refractivity contribution in [3.8, 4) is 11.5 Å². The first-order chi connectivity index (χ1) is 10.2. The summed E-state index contributed by atoms with van der Waals surface area (Å²) in [6.07, 6.45) is -0.468. The van der Waals surface area contributed by atoms with Gasteiger partial charge in [0.25, 0.3) is 0 Å². The summed E-state index contributed by atoms with van der Waals surface area (Å²) in [6.45, 7) is 8.47. The van der Waals surface area contributed by atoms with Crippen LogP contribution >= 0.6 is 0 Å². The topological polar surface area (TPSA) is 45.2 Å². The van der Waals surface area contributed by atoms with Crippen LogP contribution in [0.15, 0.2) is 24.3 Å². The van der Waals surface area contributed by atoms with Crippen LogP contribution in [0.1, 0.15) is 6.92 Å². The number of nitrogens with zero attached hydrogens (tertiary/aromatic N) is 2. The summed E-state index contributed by atoms with van der Waals surface area (Å²) in [5.74, 6) is 1.49. The minimum Gasteiger partial charge on any atom is -0.497 e. The van der Waals surface area contributed by atoms with Gasteiger partial charge in [0.05, 0.1) is 7.11 Å². The summed E-state index contributed by atoms with van der Waals surface area (Å²) in [5, 5.41) is 10.1. The Balaban J connectivity index is 1.71. The Morgan fingerprint density at radius 2 is 1.81 bits per heavy atom. The van der Waals surface area contributed by atoms with E-state index in [1.165, 1.54) is 0 Å². The van der Waals surface area contributed by atoms with Crippen molar-refractivity contribution in [1.82, 2.24) is 9.80 Å². The van der Waals surface area contributed by atoms with Gasteiger partial charge in [-0.05, 0) is 18.7 Å². The molecule has 0 aromatic heterocycles. The first-order valence-electron chi connectivity index (χ1n) is 7.61. The molecule has 1 aromatic rings. The van der Waals surface area contributed by atoms with Crippen LogP contribution in [0, 0.1) is 0 Å². The predicted octanol–water partition coefficient (Wildman–Crippen LogP) is 1.07. The summed E-state index contributed by atoms with van der Waals surface area (Å²) in [4.78, 5) is 4.72. The van der Waals surface area contributed by atoms with Crippen molar-refractivity contribution >= 4 is 0 Å². The Morgan fingerprint density at radius 3 is 2.48 bits per heavy atom. The van der Waals surface area contributed by atoms with Crippen molar-refractivity contribution in [2.75, 3.05) is 53.0 Å². The zero-order chi connectivity index (χ0) is 15.1. The van der Waals surface area contributed by atoms with Crippen molar-refractivity contribution in [3.05, 3.63) is 24.3 Å². The van der Waals surface area contributed by atoms with Crippen LogP contribution in [0.4, 0.5) is 0 Å². The molecule has 0 saturated carbocycles. The first kappa shape index (κ1) is 16.1. The summed E-state index contributed by atoms with van der Waals surface area (Å²) >= 11 is 0. The molecule has 1 N–H and O–H groups in total. The average Bonchev–Trinajstić information content (AvgIpc) is 2.54. The smallest absolute Gasteiger partial charge is 0.123 e. The minimum atomic E-state index is -0.468. The third-order valence-corrected chi connectivity index (χ3v) is 3.86. The van der Waals surface area contributed by atoms with Gasteiger partial charge in [0.2, 0.25) is 0 Å². The second-order valence-corrected chi connectivity index (χ2v) is 5.38. The lowest BCUT2D eigenvalue weighted by Gasteiger charge is -2.34. The number of β-amino-alcohol motifs (C(OH)–C–C–N with tert-alkyl or cyclic N) is 1. The third kappa shape index (κ3) is 5.19. The number of hydrogen-bond donors (Lipinski definition) is 1.